The van der Waals surface area contributed by atoms with Crippen LogP contribution in [0.5, 0.6) is 0 Å². The van der Waals surface area contributed by atoms with Crippen LogP contribution in [0.1, 0.15) is 71.6 Å². The van der Waals surface area contributed by atoms with E-state index < -0.39 is 0 Å². The van der Waals surface area contributed by atoms with Crippen LogP contribution in [0.3, 0.4) is 0 Å². The van der Waals surface area contributed by atoms with Crippen LogP contribution in [0.25, 0.3) is 0 Å². The standard InChI is InChI=1S/C18H35NO2/c1-15-6-8-17(9-7-15)21-13-16(20)12-19-14-18(2)10-4-3-5-11-18/h15-17,19-20H,3-14H2,1-2H3. The number of hydrogen-bond donors (Lipinski definition) is 2. The summed E-state index contributed by atoms with van der Waals surface area (Å²) < 4.78 is 5.87. The fourth-order valence-corrected chi connectivity index (χ4v) is 3.82. The Bertz CT molecular complexity index is 281. The van der Waals surface area contributed by atoms with Crippen molar-refractivity contribution in [2.75, 3.05) is 19.7 Å². The van der Waals surface area contributed by atoms with Crippen molar-refractivity contribution in [1.82, 2.24) is 5.32 Å². The molecule has 2 aliphatic carbocycles. The number of nitrogens with one attached hydrogen (secondary N) is 1. The Morgan fingerprint density at radius 3 is 2.48 bits per heavy atom. The summed E-state index contributed by atoms with van der Waals surface area (Å²) in [7, 11) is 0. The fraction of sp³-hybridized carbons (Fsp3) is 1.00. The molecule has 0 spiro atoms. The zero-order valence-corrected chi connectivity index (χ0v) is 14.1. The minimum absolute atomic E-state index is 0.364. The Morgan fingerprint density at radius 1 is 1.14 bits per heavy atom. The molecular weight excluding hydrogens is 262 g/mol. The summed E-state index contributed by atoms with van der Waals surface area (Å²) in [5.74, 6) is 0.854. The minimum Gasteiger partial charge on any atom is -0.389 e. The Hall–Kier alpha value is -0.120. The zero-order valence-electron chi connectivity index (χ0n) is 14.1. The van der Waals surface area contributed by atoms with Gasteiger partial charge >= 0.3 is 0 Å². The lowest BCUT2D eigenvalue weighted by atomic mass is 9.76. The van der Waals surface area contributed by atoms with E-state index in [2.05, 4.69) is 19.2 Å². The molecule has 21 heavy (non-hydrogen) atoms. The summed E-state index contributed by atoms with van der Waals surface area (Å²) in [6.07, 6.45) is 11.7. The highest BCUT2D eigenvalue weighted by atomic mass is 16.5. The summed E-state index contributed by atoms with van der Waals surface area (Å²) >= 11 is 0. The van der Waals surface area contributed by atoms with Gasteiger partial charge in [0.1, 0.15) is 0 Å². The summed E-state index contributed by atoms with van der Waals surface area (Å²) in [4.78, 5) is 0. The van der Waals surface area contributed by atoms with Crippen molar-refractivity contribution in [3.8, 4) is 0 Å². The average Bonchev–Trinajstić information content (AvgIpc) is 2.47. The van der Waals surface area contributed by atoms with Gasteiger partial charge in [-0.15, -0.1) is 0 Å². The van der Waals surface area contributed by atoms with Gasteiger partial charge in [-0.2, -0.15) is 0 Å². The van der Waals surface area contributed by atoms with E-state index in [1.807, 2.05) is 0 Å². The molecule has 0 radical (unpaired) electrons. The van der Waals surface area contributed by atoms with Crippen LogP contribution in [-0.2, 0) is 4.74 Å². The van der Waals surface area contributed by atoms with Crippen LogP contribution >= 0.6 is 0 Å². The van der Waals surface area contributed by atoms with Gasteiger partial charge in [-0.3, -0.25) is 0 Å². The van der Waals surface area contributed by atoms with Crippen molar-refractivity contribution >= 4 is 0 Å². The normalized spacial score (nSPS) is 31.0. The van der Waals surface area contributed by atoms with E-state index in [1.54, 1.807) is 0 Å². The monoisotopic (exact) mass is 297 g/mol. The summed E-state index contributed by atoms with van der Waals surface area (Å²) in [6, 6.07) is 0. The summed E-state index contributed by atoms with van der Waals surface area (Å²) in [6.45, 7) is 6.89. The molecule has 0 bridgehead atoms. The molecule has 0 saturated heterocycles. The van der Waals surface area contributed by atoms with E-state index in [0.717, 1.165) is 12.5 Å². The van der Waals surface area contributed by atoms with Crippen LogP contribution in [0.4, 0.5) is 0 Å². The van der Waals surface area contributed by atoms with Gasteiger partial charge in [0.2, 0.25) is 0 Å². The molecule has 2 aliphatic rings. The largest absolute Gasteiger partial charge is 0.389 e. The molecule has 1 unspecified atom stereocenters. The second-order valence-electron chi connectivity index (χ2n) is 7.87. The zero-order chi connectivity index (χ0) is 15.1. The van der Waals surface area contributed by atoms with E-state index in [-0.39, 0.29) is 6.10 Å². The van der Waals surface area contributed by atoms with Crippen LogP contribution in [0.2, 0.25) is 0 Å². The van der Waals surface area contributed by atoms with Crippen LogP contribution in [-0.4, -0.2) is 37.0 Å². The van der Waals surface area contributed by atoms with Crippen LogP contribution in [0, 0.1) is 11.3 Å². The highest BCUT2D eigenvalue weighted by Gasteiger charge is 2.26. The Balaban J connectivity index is 1.54. The molecule has 2 N–H and O–H groups in total. The summed E-state index contributed by atoms with van der Waals surface area (Å²) in [5, 5.41) is 13.5. The Kier molecular flexibility index (Phi) is 6.97. The molecule has 0 aromatic carbocycles. The van der Waals surface area contributed by atoms with Gasteiger partial charge in [-0.25, -0.2) is 0 Å². The van der Waals surface area contributed by atoms with Gasteiger partial charge in [0, 0.05) is 13.1 Å². The molecule has 2 saturated carbocycles. The van der Waals surface area contributed by atoms with Crippen LogP contribution in [0.15, 0.2) is 0 Å². The fourth-order valence-electron chi connectivity index (χ4n) is 3.82. The topological polar surface area (TPSA) is 41.5 Å². The highest BCUT2D eigenvalue weighted by Crippen LogP contribution is 2.34. The van der Waals surface area contributed by atoms with Crippen molar-refractivity contribution in [3.63, 3.8) is 0 Å². The van der Waals surface area contributed by atoms with Crippen molar-refractivity contribution < 1.29 is 9.84 Å². The quantitative estimate of drug-likeness (QED) is 0.755. The summed E-state index contributed by atoms with van der Waals surface area (Å²) in [5.41, 5.74) is 0.443. The number of aliphatic hydroxyl groups excluding tert-OH is 1. The predicted octanol–water partition coefficient (Wildman–Crippen LogP) is 3.50. The molecule has 0 aromatic heterocycles. The third-order valence-corrected chi connectivity index (χ3v) is 5.48. The third-order valence-electron chi connectivity index (χ3n) is 5.48. The van der Waals surface area contributed by atoms with Gasteiger partial charge in [0.05, 0.1) is 18.8 Å². The van der Waals surface area contributed by atoms with Crippen LogP contribution < -0.4 is 5.32 Å². The van der Waals surface area contributed by atoms with E-state index in [4.69, 9.17) is 4.74 Å². The highest BCUT2D eigenvalue weighted by molar-refractivity contribution is 4.81. The second kappa shape index (κ2) is 8.50. The molecule has 3 heteroatoms. The lowest BCUT2D eigenvalue weighted by Crippen LogP contribution is -2.39. The third kappa shape index (κ3) is 6.25. The lowest BCUT2D eigenvalue weighted by Gasteiger charge is -2.34. The van der Waals surface area contributed by atoms with Crippen molar-refractivity contribution in [2.24, 2.45) is 11.3 Å². The molecule has 0 amide bonds. The SMILES string of the molecule is CC1CCC(OCC(O)CNCC2(C)CCCCC2)CC1. The molecule has 3 nitrogen and oxygen atoms in total. The molecule has 124 valence electrons. The van der Waals surface area contributed by atoms with Crippen molar-refractivity contribution in [3.05, 3.63) is 0 Å². The lowest BCUT2D eigenvalue weighted by molar-refractivity contribution is -0.0284. The van der Waals surface area contributed by atoms with Gasteiger partial charge < -0.3 is 15.2 Å². The maximum atomic E-state index is 10.1. The molecule has 0 aromatic rings. The van der Waals surface area contributed by atoms with Gasteiger partial charge in [-0.05, 0) is 49.9 Å². The van der Waals surface area contributed by atoms with E-state index >= 15 is 0 Å². The average molecular weight is 297 g/mol. The maximum Gasteiger partial charge on any atom is 0.0897 e. The first-order valence-corrected chi connectivity index (χ1v) is 9.08. The Morgan fingerprint density at radius 2 is 1.81 bits per heavy atom. The molecule has 1 atom stereocenters. The number of aliphatic hydroxyl groups is 1. The number of ether oxygens (including phenoxy) is 1. The number of hydrogen-bond acceptors (Lipinski definition) is 3. The molecule has 2 fully saturated rings. The number of rotatable bonds is 7. The minimum atomic E-state index is -0.364. The van der Waals surface area contributed by atoms with E-state index in [9.17, 15) is 5.11 Å². The smallest absolute Gasteiger partial charge is 0.0897 e. The second-order valence-corrected chi connectivity index (χ2v) is 7.87. The predicted molar refractivity (Wildman–Crippen MR) is 87.4 cm³/mol. The van der Waals surface area contributed by atoms with Gasteiger partial charge in [-0.1, -0.05) is 33.1 Å². The van der Waals surface area contributed by atoms with Gasteiger partial charge in [0.15, 0.2) is 0 Å². The molecule has 0 aliphatic heterocycles. The first-order chi connectivity index (χ1) is 10.1. The first kappa shape index (κ1) is 17.2. The molecule has 0 heterocycles. The maximum absolute atomic E-state index is 10.1. The Labute approximate surface area is 130 Å². The molecular formula is C18H35NO2. The van der Waals surface area contributed by atoms with E-state index in [1.165, 1.54) is 57.8 Å². The van der Waals surface area contributed by atoms with Crippen molar-refractivity contribution in [2.45, 2.75) is 83.8 Å². The first-order valence-electron chi connectivity index (χ1n) is 9.08. The van der Waals surface area contributed by atoms with E-state index in [0.29, 0.717) is 24.7 Å². The van der Waals surface area contributed by atoms with Gasteiger partial charge in [0.25, 0.3) is 0 Å². The molecule has 2 rings (SSSR count). The van der Waals surface area contributed by atoms with Crippen molar-refractivity contribution in [1.29, 1.82) is 0 Å².